The Morgan fingerprint density at radius 2 is 1.50 bits per heavy atom. The molecule has 18 heavy (non-hydrogen) atoms. The summed E-state index contributed by atoms with van der Waals surface area (Å²) in [5, 5.41) is 3.60. The van der Waals surface area contributed by atoms with Gasteiger partial charge in [-0.15, -0.1) is 0 Å². The van der Waals surface area contributed by atoms with Crippen LogP contribution in [0.4, 0.5) is 0 Å². The molecule has 1 atom stereocenters. The van der Waals surface area contributed by atoms with E-state index in [0.717, 1.165) is 13.1 Å². The lowest BCUT2D eigenvalue weighted by Crippen LogP contribution is -2.41. The van der Waals surface area contributed by atoms with Crippen LogP contribution in [0.3, 0.4) is 0 Å². The van der Waals surface area contributed by atoms with Crippen LogP contribution in [0.15, 0.2) is 30.3 Å². The SMILES string of the molecule is CC(NCCN(C(C)C)C(C)C)c1ccccc1. The second-order valence-corrected chi connectivity index (χ2v) is 5.51. The van der Waals surface area contributed by atoms with Crippen LogP contribution in [0.2, 0.25) is 0 Å². The fraction of sp³-hybridized carbons (Fsp3) is 0.625. The number of benzene rings is 1. The van der Waals surface area contributed by atoms with Gasteiger partial charge in [0.2, 0.25) is 0 Å². The first-order valence-corrected chi connectivity index (χ1v) is 7.06. The molecule has 0 radical (unpaired) electrons. The van der Waals surface area contributed by atoms with E-state index >= 15 is 0 Å². The van der Waals surface area contributed by atoms with Gasteiger partial charge < -0.3 is 5.32 Å². The number of hydrogen-bond donors (Lipinski definition) is 1. The predicted molar refractivity (Wildman–Crippen MR) is 79.8 cm³/mol. The Balaban J connectivity index is 2.37. The van der Waals surface area contributed by atoms with E-state index < -0.39 is 0 Å². The molecule has 1 N–H and O–H groups in total. The maximum atomic E-state index is 3.60. The molecule has 2 heteroatoms. The summed E-state index contributed by atoms with van der Waals surface area (Å²) >= 11 is 0. The van der Waals surface area contributed by atoms with Gasteiger partial charge in [0.05, 0.1) is 0 Å². The summed E-state index contributed by atoms with van der Waals surface area (Å²) in [5.41, 5.74) is 1.36. The molecular weight excluding hydrogens is 220 g/mol. The Kier molecular flexibility index (Phi) is 6.37. The molecule has 0 bridgehead atoms. The molecular formula is C16H28N2. The number of hydrogen-bond acceptors (Lipinski definition) is 2. The molecule has 0 aliphatic rings. The van der Waals surface area contributed by atoms with Crippen molar-refractivity contribution in [2.45, 2.75) is 52.7 Å². The first kappa shape index (κ1) is 15.2. The van der Waals surface area contributed by atoms with Gasteiger partial charge in [0.25, 0.3) is 0 Å². The summed E-state index contributed by atoms with van der Waals surface area (Å²) in [7, 11) is 0. The average molecular weight is 248 g/mol. The molecule has 0 heterocycles. The van der Waals surface area contributed by atoms with Crippen LogP contribution in [-0.2, 0) is 0 Å². The van der Waals surface area contributed by atoms with Crippen LogP contribution in [0.5, 0.6) is 0 Å². The first-order valence-electron chi connectivity index (χ1n) is 7.06. The van der Waals surface area contributed by atoms with Crippen molar-refractivity contribution in [3.05, 3.63) is 35.9 Å². The van der Waals surface area contributed by atoms with Gasteiger partial charge in [-0.3, -0.25) is 4.90 Å². The van der Waals surface area contributed by atoms with Crippen molar-refractivity contribution in [1.29, 1.82) is 0 Å². The Labute approximate surface area is 112 Å². The Hall–Kier alpha value is -0.860. The van der Waals surface area contributed by atoms with E-state index in [4.69, 9.17) is 0 Å². The Morgan fingerprint density at radius 3 is 2.00 bits per heavy atom. The van der Waals surface area contributed by atoms with Crippen molar-refractivity contribution < 1.29 is 0 Å². The average Bonchev–Trinajstić information content (AvgIpc) is 2.34. The molecule has 1 aromatic carbocycles. The van der Waals surface area contributed by atoms with Gasteiger partial charge in [0.1, 0.15) is 0 Å². The summed E-state index contributed by atoms with van der Waals surface area (Å²) in [4.78, 5) is 2.52. The maximum Gasteiger partial charge on any atom is 0.0292 e. The lowest BCUT2D eigenvalue weighted by atomic mass is 10.1. The lowest BCUT2D eigenvalue weighted by molar-refractivity contribution is 0.174. The third kappa shape index (κ3) is 4.79. The molecule has 1 rings (SSSR count). The minimum absolute atomic E-state index is 0.423. The molecule has 0 fully saturated rings. The summed E-state index contributed by atoms with van der Waals surface area (Å²) in [5.74, 6) is 0. The minimum Gasteiger partial charge on any atom is -0.309 e. The van der Waals surface area contributed by atoms with Crippen LogP contribution in [-0.4, -0.2) is 30.1 Å². The van der Waals surface area contributed by atoms with Gasteiger partial charge in [-0.1, -0.05) is 30.3 Å². The topological polar surface area (TPSA) is 15.3 Å². The van der Waals surface area contributed by atoms with Crippen molar-refractivity contribution in [3.63, 3.8) is 0 Å². The van der Waals surface area contributed by atoms with Crippen molar-refractivity contribution in [3.8, 4) is 0 Å². The molecule has 102 valence electrons. The zero-order chi connectivity index (χ0) is 13.5. The zero-order valence-corrected chi connectivity index (χ0v) is 12.5. The highest BCUT2D eigenvalue weighted by atomic mass is 15.2. The highest BCUT2D eigenvalue weighted by molar-refractivity contribution is 5.17. The second-order valence-electron chi connectivity index (χ2n) is 5.51. The van der Waals surface area contributed by atoms with Crippen molar-refractivity contribution >= 4 is 0 Å². The molecule has 0 aromatic heterocycles. The van der Waals surface area contributed by atoms with Gasteiger partial charge in [-0.2, -0.15) is 0 Å². The monoisotopic (exact) mass is 248 g/mol. The molecule has 0 aliphatic heterocycles. The van der Waals surface area contributed by atoms with Crippen LogP contribution in [0.25, 0.3) is 0 Å². The van der Waals surface area contributed by atoms with E-state index in [9.17, 15) is 0 Å². The number of rotatable bonds is 7. The smallest absolute Gasteiger partial charge is 0.0292 e. The molecule has 0 spiro atoms. The third-order valence-electron chi connectivity index (χ3n) is 3.45. The van der Waals surface area contributed by atoms with Crippen molar-refractivity contribution in [2.24, 2.45) is 0 Å². The van der Waals surface area contributed by atoms with Gasteiger partial charge in [-0.25, -0.2) is 0 Å². The standard InChI is InChI=1S/C16H28N2/c1-13(2)18(14(3)4)12-11-17-15(5)16-9-7-6-8-10-16/h6-10,13-15,17H,11-12H2,1-5H3. The summed E-state index contributed by atoms with van der Waals surface area (Å²) < 4.78 is 0. The Morgan fingerprint density at radius 1 is 0.944 bits per heavy atom. The largest absolute Gasteiger partial charge is 0.309 e. The fourth-order valence-electron chi connectivity index (χ4n) is 2.38. The van der Waals surface area contributed by atoms with Crippen molar-refractivity contribution in [2.75, 3.05) is 13.1 Å². The number of nitrogens with zero attached hydrogens (tertiary/aromatic N) is 1. The molecule has 1 aromatic rings. The van der Waals surface area contributed by atoms with Crippen LogP contribution in [0, 0.1) is 0 Å². The minimum atomic E-state index is 0.423. The molecule has 0 saturated heterocycles. The highest BCUT2D eigenvalue weighted by Gasteiger charge is 2.13. The summed E-state index contributed by atoms with van der Waals surface area (Å²) in [6.45, 7) is 13.4. The van der Waals surface area contributed by atoms with Crippen molar-refractivity contribution in [1.82, 2.24) is 10.2 Å². The predicted octanol–water partition coefficient (Wildman–Crippen LogP) is 3.46. The first-order chi connectivity index (χ1) is 8.52. The van der Waals surface area contributed by atoms with Crippen LogP contribution in [0.1, 0.15) is 46.2 Å². The molecule has 0 aliphatic carbocycles. The zero-order valence-electron chi connectivity index (χ0n) is 12.5. The Bertz CT molecular complexity index is 311. The van der Waals surface area contributed by atoms with Crippen LogP contribution < -0.4 is 5.32 Å². The van der Waals surface area contributed by atoms with E-state index in [-0.39, 0.29) is 0 Å². The van der Waals surface area contributed by atoms with E-state index in [2.05, 4.69) is 75.2 Å². The van der Waals surface area contributed by atoms with E-state index in [1.807, 2.05) is 0 Å². The van der Waals surface area contributed by atoms with Gasteiger partial charge in [0, 0.05) is 31.2 Å². The lowest BCUT2D eigenvalue weighted by Gasteiger charge is -2.31. The van der Waals surface area contributed by atoms with Crippen LogP contribution >= 0.6 is 0 Å². The third-order valence-corrected chi connectivity index (χ3v) is 3.45. The number of nitrogens with one attached hydrogen (secondary N) is 1. The summed E-state index contributed by atoms with van der Waals surface area (Å²) in [6, 6.07) is 12.3. The normalized spacial score (nSPS) is 13.6. The van der Waals surface area contributed by atoms with Gasteiger partial charge in [0.15, 0.2) is 0 Å². The fourth-order valence-corrected chi connectivity index (χ4v) is 2.38. The molecule has 0 amide bonds. The van der Waals surface area contributed by atoms with E-state index in [1.54, 1.807) is 0 Å². The summed E-state index contributed by atoms with van der Waals surface area (Å²) in [6.07, 6.45) is 0. The van der Waals surface area contributed by atoms with Gasteiger partial charge in [-0.05, 0) is 40.2 Å². The highest BCUT2D eigenvalue weighted by Crippen LogP contribution is 2.11. The molecule has 0 saturated carbocycles. The molecule has 2 nitrogen and oxygen atoms in total. The molecule has 1 unspecified atom stereocenters. The second kappa shape index (κ2) is 7.55. The van der Waals surface area contributed by atoms with E-state index in [0.29, 0.717) is 18.1 Å². The van der Waals surface area contributed by atoms with Gasteiger partial charge >= 0.3 is 0 Å². The van der Waals surface area contributed by atoms with E-state index in [1.165, 1.54) is 5.56 Å². The maximum absolute atomic E-state index is 3.60. The quantitative estimate of drug-likeness (QED) is 0.795.